The maximum absolute atomic E-state index is 12.5. The molecule has 0 saturated heterocycles. The summed E-state index contributed by atoms with van der Waals surface area (Å²) in [4.78, 5) is 7.86. The van der Waals surface area contributed by atoms with Gasteiger partial charge in [-0.1, -0.05) is 13.8 Å². The Bertz CT molecular complexity index is 563. The zero-order valence-electron chi connectivity index (χ0n) is 11.9. The first-order valence-electron chi connectivity index (χ1n) is 6.28. The molecule has 0 amide bonds. The number of rotatable bonds is 7. The van der Waals surface area contributed by atoms with E-state index in [4.69, 9.17) is 5.26 Å². The Kier molecular flexibility index (Phi) is 5.85. The topological polar surface area (TPSA) is 99.0 Å². The van der Waals surface area contributed by atoms with Gasteiger partial charge in [0.05, 0.1) is 18.5 Å². The maximum Gasteiger partial charge on any atom is 0.246 e. The third-order valence-electron chi connectivity index (χ3n) is 2.53. The van der Waals surface area contributed by atoms with Gasteiger partial charge >= 0.3 is 0 Å². The van der Waals surface area contributed by atoms with Crippen LogP contribution in [-0.4, -0.2) is 42.8 Å². The molecule has 20 heavy (non-hydrogen) atoms. The molecule has 0 spiro atoms. The average Bonchev–Trinajstić information content (AvgIpc) is 2.43. The molecule has 0 fully saturated rings. The molecule has 0 unspecified atom stereocenters. The van der Waals surface area contributed by atoms with Crippen molar-refractivity contribution >= 4 is 16.0 Å². The third-order valence-corrected chi connectivity index (χ3v) is 4.35. The molecule has 0 atom stereocenters. The van der Waals surface area contributed by atoms with Crippen molar-refractivity contribution in [3.05, 3.63) is 12.4 Å². The van der Waals surface area contributed by atoms with E-state index in [0.717, 1.165) is 0 Å². The number of anilines is 1. The lowest BCUT2D eigenvalue weighted by molar-refractivity contribution is 0.372. The van der Waals surface area contributed by atoms with Gasteiger partial charge in [-0.3, -0.25) is 0 Å². The second-order valence-corrected chi connectivity index (χ2v) is 6.60. The first-order valence-corrected chi connectivity index (χ1v) is 7.72. The van der Waals surface area contributed by atoms with Gasteiger partial charge in [0.15, 0.2) is 0 Å². The number of sulfonamides is 1. The molecule has 1 rings (SSSR count). The highest BCUT2D eigenvalue weighted by Crippen LogP contribution is 2.16. The molecule has 0 aromatic carbocycles. The zero-order chi connectivity index (χ0) is 15.2. The predicted molar refractivity (Wildman–Crippen MR) is 75.4 cm³/mol. The van der Waals surface area contributed by atoms with E-state index in [1.54, 1.807) is 7.05 Å². The Morgan fingerprint density at radius 2 is 2.00 bits per heavy atom. The van der Waals surface area contributed by atoms with E-state index < -0.39 is 10.0 Å². The van der Waals surface area contributed by atoms with Gasteiger partial charge in [-0.25, -0.2) is 18.4 Å². The number of nitrogens with zero attached hydrogens (tertiary/aromatic N) is 4. The van der Waals surface area contributed by atoms with Gasteiger partial charge < -0.3 is 5.32 Å². The highest BCUT2D eigenvalue weighted by atomic mass is 32.2. The molecule has 0 bridgehead atoms. The molecule has 1 N–H and O–H groups in total. The SMILES string of the molecule is CNc1ncc(S(=O)(=O)N(CCC#N)CC(C)C)cn1. The Morgan fingerprint density at radius 3 is 2.45 bits per heavy atom. The van der Waals surface area contributed by atoms with Crippen LogP contribution in [0, 0.1) is 17.2 Å². The van der Waals surface area contributed by atoms with E-state index in [2.05, 4.69) is 15.3 Å². The Morgan fingerprint density at radius 1 is 1.40 bits per heavy atom. The van der Waals surface area contributed by atoms with Crippen LogP contribution in [0.5, 0.6) is 0 Å². The minimum atomic E-state index is -3.66. The van der Waals surface area contributed by atoms with E-state index in [-0.39, 0.29) is 23.8 Å². The van der Waals surface area contributed by atoms with Gasteiger partial charge in [-0.15, -0.1) is 0 Å². The Labute approximate surface area is 119 Å². The second kappa shape index (κ2) is 7.17. The average molecular weight is 297 g/mol. The van der Waals surface area contributed by atoms with Crippen LogP contribution in [0.25, 0.3) is 0 Å². The molecular weight excluding hydrogens is 278 g/mol. The number of hydrogen-bond acceptors (Lipinski definition) is 6. The van der Waals surface area contributed by atoms with Crippen molar-refractivity contribution in [3.63, 3.8) is 0 Å². The molecule has 7 nitrogen and oxygen atoms in total. The Hall–Kier alpha value is -1.72. The summed E-state index contributed by atoms with van der Waals surface area (Å²) in [5.74, 6) is 0.525. The third kappa shape index (κ3) is 4.15. The normalized spacial score (nSPS) is 11.6. The van der Waals surface area contributed by atoms with Crippen molar-refractivity contribution < 1.29 is 8.42 Å². The second-order valence-electron chi connectivity index (χ2n) is 4.66. The van der Waals surface area contributed by atoms with Crippen molar-refractivity contribution in [1.82, 2.24) is 14.3 Å². The molecule has 0 saturated carbocycles. The monoisotopic (exact) mass is 297 g/mol. The lowest BCUT2D eigenvalue weighted by atomic mass is 10.2. The quantitative estimate of drug-likeness (QED) is 0.808. The lowest BCUT2D eigenvalue weighted by Crippen LogP contribution is -2.35. The van der Waals surface area contributed by atoms with Crippen LogP contribution in [0.15, 0.2) is 17.3 Å². The minimum Gasteiger partial charge on any atom is -0.357 e. The molecule has 0 aliphatic rings. The van der Waals surface area contributed by atoms with Crippen molar-refractivity contribution in [2.24, 2.45) is 5.92 Å². The molecule has 8 heteroatoms. The van der Waals surface area contributed by atoms with Gasteiger partial charge in [-0.05, 0) is 5.92 Å². The van der Waals surface area contributed by atoms with Crippen LogP contribution in [0.3, 0.4) is 0 Å². The van der Waals surface area contributed by atoms with Crippen LogP contribution in [0.1, 0.15) is 20.3 Å². The molecule has 0 aliphatic heterocycles. The van der Waals surface area contributed by atoms with Crippen LogP contribution >= 0.6 is 0 Å². The number of nitrogens with one attached hydrogen (secondary N) is 1. The standard InChI is InChI=1S/C12H19N5O2S/c1-10(2)9-17(6-4-5-13)20(18,19)11-7-15-12(14-3)16-8-11/h7-8,10H,4,6,9H2,1-3H3,(H,14,15,16). The van der Waals surface area contributed by atoms with Crippen molar-refractivity contribution in [3.8, 4) is 6.07 Å². The fourth-order valence-electron chi connectivity index (χ4n) is 1.62. The molecule has 0 aliphatic carbocycles. The summed E-state index contributed by atoms with van der Waals surface area (Å²) < 4.78 is 26.3. The van der Waals surface area contributed by atoms with Crippen LogP contribution in [-0.2, 0) is 10.0 Å². The molecule has 0 radical (unpaired) electrons. The summed E-state index contributed by atoms with van der Waals surface area (Å²) in [6, 6.07) is 1.97. The molecule has 110 valence electrons. The van der Waals surface area contributed by atoms with Crippen LogP contribution in [0.2, 0.25) is 0 Å². The summed E-state index contributed by atoms with van der Waals surface area (Å²) in [7, 11) is -2.01. The van der Waals surface area contributed by atoms with Gasteiger partial charge in [0, 0.05) is 26.6 Å². The lowest BCUT2D eigenvalue weighted by Gasteiger charge is -2.22. The fraction of sp³-hybridized carbons (Fsp3) is 0.583. The van der Waals surface area contributed by atoms with Gasteiger partial charge in [0.1, 0.15) is 4.90 Å². The van der Waals surface area contributed by atoms with Crippen molar-refractivity contribution in [2.75, 3.05) is 25.5 Å². The first kappa shape index (κ1) is 16.3. The summed E-state index contributed by atoms with van der Waals surface area (Å²) in [5, 5.41) is 11.4. The molecule has 1 heterocycles. The number of aromatic nitrogens is 2. The van der Waals surface area contributed by atoms with Crippen molar-refractivity contribution in [1.29, 1.82) is 5.26 Å². The minimum absolute atomic E-state index is 0.0371. The van der Waals surface area contributed by atoms with Crippen LogP contribution in [0.4, 0.5) is 5.95 Å². The number of nitriles is 1. The highest BCUT2D eigenvalue weighted by molar-refractivity contribution is 7.89. The van der Waals surface area contributed by atoms with E-state index in [9.17, 15) is 8.42 Å². The van der Waals surface area contributed by atoms with E-state index >= 15 is 0 Å². The number of hydrogen-bond donors (Lipinski definition) is 1. The van der Waals surface area contributed by atoms with Crippen molar-refractivity contribution in [2.45, 2.75) is 25.2 Å². The summed E-state index contributed by atoms with van der Waals surface area (Å²) in [5.41, 5.74) is 0. The van der Waals surface area contributed by atoms with E-state index in [1.807, 2.05) is 19.9 Å². The van der Waals surface area contributed by atoms with E-state index in [0.29, 0.717) is 12.5 Å². The van der Waals surface area contributed by atoms with Gasteiger partial charge in [-0.2, -0.15) is 9.57 Å². The smallest absolute Gasteiger partial charge is 0.246 e. The molecule has 1 aromatic rings. The maximum atomic E-state index is 12.5. The van der Waals surface area contributed by atoms with Crippen LogP contribution < -0.4 is 5.32 Å². The largest absolute Gasteiger partial charge is 0.357 e. The molecular formula is C12H19N5O2S. The highest BCUT2D eigenvalue weighted by Gasteiger charge is 2.25. The summed E-state index contributed by atoms with van der Waals surface area (Å²) >= 11 is 0. The fourth-order valence-corrected chi connectivity index (χ4v) is 3.12. The van der Waals surface area contributed by atoms with E-state index in [1.165, 1.54) is 16.7 Å². The zero-order valence-corrected chi connectivity index (χ0v) is 12.7. The van der Waals surface area contributed by atoms with Gasteiger partial charge in [0.2, 0.25) is 16.0 Å². The first-order chi connectivity index (χ1) is 9.41. The Balaban J connectivity index is 3.04. The molecule has 1 aromatic heterocycles. The summed E-state index contributed by atoms with van der Waals surface area (Å²) in [6.07, 6.45) is 2.70. The summed E-state index contributed by atoms with van der Waals surface area (Å²) in [6.45, 7) is 4.38. The predicted octanol–water partition coefficient (Wildman–Crippen LogP) is 1.08. The van der Waals surface area contributed by atoms with Gasteiger partial charge in [0.25, 0.3) is 0 Å².